The molecule has 206 valence electrons. The molecule has 6 rings (SSSR count). The SMILES string of the molecule is O=C1CC(c2cc(O)c(O)c(-c3c(O)cc4oc(-c5ccc(O)cc5)cc(=O)c4c3O)c2)Oc2cc(O)cc(O)c21. The standard InChI is InChI=1S/C30H20O11/c31-14-3-1-12(2-4-14)22-10-20(36)28-25(40-22)11-18(34)26(30(28)39)16-5-13(6-21(37)29(16)38)23-9-19(35)27-17(33)7-15(32)8-24(27)41-23/h1-8,10-11,23,31-34,37-39H,9H2. The molecule has 0 fully saturated rings. The summed E-state index contributed by atoms with van der Waals surface area (Å²) >= 11 is 0. The first-order valence-corrected chi connectivity index (χ1v) is 12.2. The molecule has 0 saturated carbocycles. The topological polar surface area (TPSA) is 198 Å². The lowest BCUT2D eigenvalue weighted by atomic mass is 9.92. The highest BCUT2D eigenvalue weighted by molar-refractivity contribution is 6.03. The predicted octanol–water partition coefficient (Wildman–Crippen LogP) is 4.77. The first-order chi connectivity index (χ1) is 19.5. The van der Waals surface area contributed by atoms with Crippen molar-refractivity contribution in [1.82, 2.24) is 0 Å². The summed E-state index contributed by atoms with van der Waals surface area (Å²) in [4.78, 5) is 25.8. The summed E-state index contributed by atoms with van der Waals surface area (Å²) in [6.07, 6.45) is -1.34. The molecule has 0 amide bonds. The van der Waals surface area contributed by atoms with E-state index in [1.54, 1.807) is 0 Å². The second-order valence-electron chi connectivity index (χ2n) is 9.52. The van der Waals surface area contributed by atoms with Crippen molar-refractivity contribution in [1.29, 1.82) is 0 Å². The van der Waals surface area contributed by atoms with Crippen molar-refractivity contribution in [2.75, 3.05) is 0 Å². The van der Waals surface area contributed by atoms with Gasteiger partial charge >= 0.3 is 0 Å². The van der Waals surface area contributed by atoms with E-state index < -0.39 is 51.6 Å². The van der Waals surface area contributed by atoms with Gasteiger partial charge in [-0.15, -0.1) is 0 Å². The van der Waals surface area contributed by atoms with Gasteiger partial charge in [0.2, 0.25) is 0 Å². The molecular weight excluding hydrogens is 536 g/mol. The van der Waals surface area contributed by atoms with E-state index in [4.69, 9.17) is 9.15 Å². The van der Waals surface area contributed by atoms with Crippen LogP contribution in [0.1, 0.15) is 28.4 Å². The van der Waals surface area contributed by atoms with Gasteiger partial charge < -0.3 is 44.9 Å². The maximum atomic E-state index is 13.1. The van der Waals surface area contributed by atoms with Crippen molar-refractivity contribution in [3.8, 4) is 68.4 Å². The summed E-state index contributed by atoms with van der Waals surface area (Å²) in [6, 6.07) is 12.5. The summed E-state index contributed by atoms with van der Waals surface area (Å²) < 4.78 is 11.6. The van der Waals surface area contributed by atoms with Gasteiger partial charge in [-0.1, -0.05) is 0 Å². The molecule has 5 aromatic rings. The molecule has 4 aromatic carbocycles. The Morgan fingerprint density at radius 1 is 0.683 bits per heavy atom. The fourth-order valence-corrected chi connectivity index (χ4v) is 4.95. The quantitative estimate of drug-likeness (QED) is 0.151. The van der Waals surface area contributed by atoms with E-state index >= 15 is 0 Å². The number of ether oxygens (including phenoxy) is 1. The molecule has 0 aliphatic carbocycles. The molecule has 1 aliphatic heterocycles. The minimum atomic E-state index is -1.05. The van der Waals surface area contributed by atoms with Gasteiger partial charge in [0.15, 0.2) is 22.7 Å². The molecule has 1 aliphatic rings. The number of benzene rings is 4. The zero-order chi connectivity index (χ0) is 29.2. The number of rotatable bonds is 3. The van der Waals surface area contributed by atoms with E-state index in [0.29, 0.717) is 5.56 Å². The highest BCUT2D eigenvalue weighted by atomic mass is 16.5. The number of phenolic OH excluding ortho intramolecular Hbond substituents is 7. The van der Waals surface area contributed by atoms with E-state index in [0.717, 1.165) is 30.3 Å². The molecule has 11 heteroatoms. The van der Waals surface area contributed by atoms with E-state index in [1.807, 2.05) is 0 Å². The molecule has 0 saturated heterocycles. The maximum absolute atomic E-state index is 13.1. The van der Waals surface area contributed by atoms with Gasteiger partial charge in [-0.2, -0.15) is 0 Å². The van der Waals surface area contributed by atoms with Crippen LogP contribution in [0.15, 0.2) is 69.9 Å². The molecule has 0 spiro atoms. The average molecular weight is 556 g/mol. The summed E-state index contributed by atoms with van der Waals surface area (Å²) in [5.41, 5.74) is -1.04. The second kappa shape index (κ2) is 9.12. The first-order valence-electron chi connectivity index (χ1n) is 12.2. The Hall–Kier alpha value is -5.84. The highest BCUT2D eigenvalue weighted by Crippen LogP contribution is 2.50. The molecule has 0 bridgehead atoms. The van der Waals surface area contributed by atoms with Crippen molar-refractivity contribution in [3.63, 3.8) is 0 Å². The van der Waals surface area contributed by atoms with Crippen LogP contribution in [-0.2, 0) is 0 Å². The summed E-state index contributed by atoms with van der Waals surface area (Å²) in [7, 11) is 0. The Morgan fingerprint density at radius 2 is 1.39 bits per heavy atom. The minimum absolute atomic E-state index is 0.00519. The molecule has 1 unspecified atom stereocenters. The van der Waals surface area contributed by atoms with Crippen LogP contribution in [0.2, 0.25) is 0 Å². The summed E-state index contributed by atoms with van der Waals surface area (Å²) in [5.74, 6) is -4.06. The lowest BCUT2D eigenvalue weighted by Gasteiger charge is -2.27. The number of ketones is 1. The van der Waals surface area contributed by atoms with Gasteiger partial charge in [0.25, 0.3) is 0 Å². The number of fused-ring (bicyclic) bond motifs is 2. The van der Waals surface area contributed by atoms with Crippen LogP contribution in [0.4, 0.5) is 0 Å². The number of carbonyl (C=O) groups excluding carboxylic acids is 1. The van der Waals surface area contributed by atoms with Gasteiger partial charge in [-0.3, -0.25) is 9.59 Å². The zero-order valence-corrected chi connectivity index (χ0v) is 20.8. The lowest BCUT2D eigenvalue weighted by molar-refractivity contribution is 0.0844. The van der Waals surface area contributed by atoms with Crippen molar-refractivity contribution in [2.24, 2.45) is 0 Å². The van der Waals surface area contributed by atoms with Crippen LogP contribution in [0.5, 0.6) is 46.0 Å². The summed E-state index contributed by atoms with van der Waals surface area (Å²) in [5, 5.41) is 72.3. The van der Waals surface area contributed by atoms with Gasteiger partial charge in [-0.05, 0) is 42.0 Å². The van der Waals surface area contributed by atoms with Crippen molar-refractivity contribution in [2.45, 2.75) is 12.5 Å². The monoisotopic (exact) mass is 556 g/mol. The van der Waals surface area contributed by atoms with Crippen LogP contribution in [0.3, 0.4) is 0 Å². The van der Waals surface area contributed by atoms with Crippen LogP contribution in [-0.4, -0.2) is 41.5 Å². The molecule has 7 N–H and O–H groups in total. The third kappa shape index (κ3) is 4.16. The van der Waals surface area contributed by atoms with Crippen molar-refractivity contribution < 1.29 is 49.7 Å². The van der Waals surface area contributed by atoms with Crippen molar-refractivity contribution >= 4 is 16.8 Å². The maximum Gasteiger partial charge on any atom is 0.197 e. The Bertz CT molecular complexity index is 1960. The molecule has 11 nitrogen and oxygen atoms in total. The van der Waals surface area contributed by atoms with Crippen LogP contribution >= 0.6 is 0 Å². The average Bonchev–Trinajstić information content (AvgIpc) is 2.90. The van der Waals surface area contributed by atoms with E-state index in [1.165, 1.54) is 30.3 Å². The Kier molecular flexibility index (Phi) is 5.66. The fraction of sp³-hybridized carbons (Fsp3) is 0.0667. The normalized spacial score (nSPS) is 14.5. The molecule has 0 radical (unpaired) electrons. The molecule has 1 aromatic heterocycles. The number of phenols is 7. The van der Waals surface area contributed by atoms with Crippen molar-refractivity contribution in [3.05, 3.63) is 82.0 Å². The van der Waals surface area contributed by atoms with Gasteiger partial charge in [0.05, 0.1) is 12.0 Å². The highest BCUT2D eigenvalue weighted by Gasteiger charge is 2.32. The predicted molar refractivity (Wildman–Crippen MR) is 144 cm³/mol. The molecule has 1 atom stereocenters. The third-order valence-corrected chi connectivity index (χ3v) is 6.86. The lowest BCUT2D eigenvalue weighted by Crippen LogP contribution is -2.20. The number of hydrogen-bond donors (Lipinski definition) is 7. The van der Waals surface area contributed by atoms with E-state index in [9.17, 15) is 45.3 Å². The molecular formula is C30H20O11. The van der Waals surface area contributed by atoms with E-state index in [2.05, 4.69) is 0 Å². The summed E-state index contributed by atoms with van der Waals surface area (Å²) in [6.45, 7) is 0. The largest absolute Gasteiger partial charge is 0.508 e. The third-order valence-electron chi connectivity index (χ3n) is 6.86. The molecule has 41 heavy (non-hydrogen) atoms. The zero-order valence-electron chi connectivity index (χ0n) is 20.8. The smallest absolute Gasteiger partial charge is 0.197 e. The van der Waals surface area contributed by atoms with Gasteiger partial charge in [0, 0.05) is 35.4 Å². The van der Waals surface area contributed by atoms with Gasteiger partial charge in [0.1, 0.15) is 62.9 Å². The number of carbonyl (C=O) groups is 1. The minimum Gasteiger partial charge on any atom is -0.508 e. The van der Waals surface area contributed by atoms with Gasteiger partial charge in [-0.25, -0.2) is 0 Å². The fourth-order valence-electron chi connectivity index (χ4n) is 4.95. The Balaban J connectivity index is 1.48. The first kappa shape index (κ1) is 25.4. The van der Waals surface area contributed by atoms with Crippen LogP contribution in [0.25, 0.3) is 33.4 Å². The number of Topliss-reactive ketones (excluding diaryl/α,β-unsaturated/α-hetero) is 1. The second-order valence-corrected chi connectivity index (χ2v) is 9.52. The number of hydrogen-bond acceptors (Lipinski definition) is 11. The van der Waals surface area contributed by atoms with E-state index in [-0.39, 0.29) is 57.1 Å². The van der Waals surface area contributed by atoms with Crippen LogP contribution < -0.4 is 10.2 Å². The van der Waals surface area contributed by atoms with Crippen LogP contribution in [0, 0.1) is 0 Å². The number of aromatic hydroxyl groups is 7. The Labute approximate surface area is 229 Å². The molecule has 2 heterocycles. The Morgan fingerprint density at radius 3 is 2.12 bits per heavy atom.